The fourth-order valence-corrected chi connectivity index (χ4v) is 3.78. The zero-order valence-electron chi connectivity index (χ0n) is 14.8. The Hall–Kier alpha value is -2.45. The first-order valence-corrected chi connectivity index (χ1v) is 9.25. The quantitative estimate of drug-likeness (QED) is 0.885. The highest BCUT2D eigenvalue weighted by molar-refractivity contribution is 5.50. The monoisotopic (exact) mass is 378 g/mol. The summed E-state index contributed by atoms with van der Waals surface area (Å²) in [5.41, 5.74) is 1.49. The molecule has 0 saturated carbocycles. The van der Waals surface area contributed by atoms with E-state index in [2.05, 4.69) is 30.2 Å². The molecule has 9 heteroatoms. The van der Waals surface area contributed by atoms with E-state index < -0.39 is 11.9 Å². The minimum Gasteiger partial charge on any atom is -0.356 e. The van der Waals surface area contributed by atoms with Crippen LogP contribution in [0.3, 0.4) is 0 Å². The summed E-state index contributed by atoms with van der Waals surface area (Å²) in [5, 5.41) is 3.05. The molecule has 1 fully saturated rings. The zero-order chi connectivity index (χ0) is 18.9. The summed E-state index contributed by atoms with van der Waals surface area (Å²) in [6, 6.07) is 0.925. The number of nitrogens with zero attached hydrogens (tertiary/aromatic N) is 5. The van der Waals surface area contributed by atoms with Crippen molar-refractivity contribution >= 4 is 11.8 Å². The number of nitrogens with one attached hydrogen (secondary N) is 1. The molecule has 0 bridgehead atoms. The fourth-order valence-electron chi connectivity index (χ4n) is 3.78. The molecule has 1 aliphatic heterocycles. The molecule has 3 heterocycles. The number of aromatic nitrogens is 4. The number of anilines is 2. The van der Waals surface area contributed by atoms with Crippen LogP contribution >= 0.6 is 0 Å². The smallest absolute Gasteiger partial charge is 0.356 e. The van der Waals surface area contributed by atoms with Crippen LogP contribution in [-0.4, -0.2) is 39.1 Å². The summed E-state index contributed by atoms with van der Waals surface area (Å²) in [5.74, 6) is 1.05. The standard InChI is InChI=1S/C18H21F3N6/c19-18(20,21)15-5-8-22-17(26-15)25-12-6-9-27(10-7-12)16-13-3-1-2-4-14(13)23-11-24-16/h5,8,11-12H,1-4,6-7,9-10H2,(H,22,25,26). The Labute approximate surface area is 155 Å². The molecule has 1 saturated heterocycles. The van der Waals surface area contributed by atoms with Crippen molar-refractivity contribution in [3.8, 4) is 0 Å². The van der Waals surface area contributed by atoms with Crippen LogP contribution in [0.2, 0.25) is 0 Å². The first-order valence-electron chi connectivity index (χ1n) is 9.25. The molecular weight excluding hydrogens is 357 g/mol. The van der Waals surface area contributed by atoms with E-state index in [-0.39, 0.29) is 12.0 Å². The number of aryl methyl sites for hydroxylation is 1. The van der Waals surface area contributed by atoms with E-state index in [1.54, 1.807) is 6.33 Å². The maximum Gasteiger partial charge on any atom is 0.433 e. The number of rotatable bonds is 3. The van der Waals surface area contributed by atoms with Gasteiger partial charge in [-0.05, 0) is 44.6 Å². The Kier molecular flexibility index (Phi) is 4.84. The molecule has 1 N–H and O–H groups in total. The lowest BCUT2D eigenvalue weighted by Gasteiger charge is -2.35. The van der Waals surface area contributed by atoms with E-state index in [0.29, 0.717) is 0 Å². The average molecular weight is 378 g/mol. The first-order chi connectivity index (χ1) is 13.0. The Balaban J connectivity index is 1.40. The third kappa shape index (κ3) is 3.96. The lowest BCUT2D eigenvalue weighted by Crippen LogP contribution is -2.40. The van der Waals surface area contributed by atoms with Crippen molar-refractivity contribution in [3.63, 3.8) is 0 Å². The van der Waals surface area contributed by atoms with Crippen LogP contribution in [-0.2, 0) is 19.0 Å². The van der Waals surface area contributed by atoms with Gasteiger partial charge in [-0.15, -0.1) is 0 Å². The lowest BCUT2D eigenvalue weighted by atomic mass is 9.95. The minimum absolute atomic E-state index is 0.0303. The summed E-state index contributed by atoms with van der Waals surface area (Å²) in [7, 11) is 0. The van der Waals surface area contributed by atoms with Gasteiger partial charge in [0.1, 0.15) is 17.8 Å². The third-order valence-electron chi connectivity index (χ3n) is 5.18. The zero-order valence-corrected chi connectivity index (χ0v) is 14.8. The van der Waals surface area contributed by atoms with Crippen molar-refractivity contribution in [1.82, 2.24) is 19.9 Å². The van der Waals surface area contributed by atoms with E-state index in [0.717, 1.165) is 69.0 Å². The van der Waals surface area contributed by atoms with Gasteiger partial charge in [0.15, 0.2) is 0 Å². The van der Waals surface area contributed by atoms with Crippen molar-refractivity contribution in [2.75, 3.05) is 23.3 Å². The van der Waals surface area contributed by atoms with Crippen molar-refractivity contribution in [2.24, 2.45) is 0 Å². The van der Waals surface area contributed by atoms with Gasteiger partial charge >= 0.3 is 6.18 Å². The molecule has 0 amide bonds. The van der Waals surface area contributed by atoms with Gasteiger partial charge < -0.3 is 10.2 Å². The summed E-state index contributed by atoms with van der Waals surface area (Å²) in [4.78, 5) is 18.7. The maximum atomic E-state index is 12.8. The number of fused-ring (bicyclic) bond motifs is 1. The number of hydrogen-bond donors (Lipinski definition) is 1. The highest BCUT2D eigenvalue weighted by Crippen LogP contribution is 2.30. The second-order valence-corrected chi connectivity index (χ2v) is 7.00. The van der Waals surface area contributed by atoms with Crippen molar-refractivity contribution in [1.29, 1.82) is 0 Å². The van der Waals surface area contributed by atoms with Crippen LogP contribution in [0.15, 0.2) is 18.6 Å². The van der Waals surface area contributed by atoms with Crippen LogP contribution in [0.25, 0.3) is 0 Å². The summed E-state index contributed by atoms with van der Waals surface area (Å²) < 4.78 is 38.4. The van der Waals surface area contributed by atoms with Crippen LogP contribution in [0.1, 0.15) is 42.6 Å². The molecule has 2 aromatic heterocycles. The lowest BCUT2D eigenvalue weighted by molar-refractivity contribution is -0.141. The van der Waals surface area contributed by atoms with E-state index >= 15 is 0 Å². The summed E-state index contributed by atoms with van der Waals surface area (Å²) in [6.07, 6.45) is 4.26. The van der Waals surface area contributed by atoms with Gasteiger partial charge in [0.25, 0.3) is 0 Å². The molecule has 2 aromatic rings. The molecule has 0 unspecified atom stereocenters. The molecule has 0 radical (unpaired) electrons. The molecule has 27 heavy (non-hydrogen) atoms. The maximum absolute atomic E-state index is 12.8. The van der Waals surface area contributed by atoms with E-state index in [1.165, 1.54) is 12.0 Å². The Morgan fingerprint density at radius 2 is 1.81 bits per heavy atom. The van der Waals surface area contributed by atoms with E-state index in [4.69, 9.17) is 0 Å². The number of piperidine rings is 1. The molecular formula is C18H21F3N6. The van der Waals surface area contributed by atoms with Crippen LogP contribution < -0.4 is 10.2 Å². The van der Waals surface area contributed by atoms with E-state index in [9.17, 15) is 13.2 Å². The fraction of sp³-hybridized carbons (Fsp3) is 0.556. The van der Waals surface area contributed by atoms with Gasteiger partial charge in [0.2, 0.25) is 5.95 Å². The summed E-state index contributed by atoms with van der Waals surface area (Å²) >= 11 is 0. The normalized spacial score (nSPS) is 18.3. The molecule has 144 valence electrons. The molecule has 2 aliphatic rings. The highest BCUT2D eigenvalue weighted by Gasteiger charge is 2.33. The van der Waals surface area contributed by atoms with Gasteiger partial charge in [0, 0.05) is 36.6 Å². The molecule has 1 aliphatic carbocycles. The third-order valence-corrected chi connectivity index (χ3v) is 5.18. The number of halogens is 3. The van der Waals surface area contributed by atoms with Gasteiger partial charge in [0.05, 0.1) is 0 Å². The SMILES string of the molecule is FC(F)(F)c1ccnc(NC2CCN(c3ncnc4c3CCCC4)CC2)n1. The summed E-state index contributed by atoms with van der Waals surface area (Å²) in [6.45, 7) is 1.58. The second-order valence-electron chi connectivity index (χ2n) is 7.00. The molecule has 0 atom stereocenters. The van der Waals surface area contributed by atoms with Gasteiger partial charge in [-0.2, -0.15) is 13.2 Å². The molecule has 0 spiro atoms. The van der Waals surface area contributed by atoms with Crippen LogP contribution in [0, 0.1) is 0 Å². The molecule has 4 rings (SSSR count). The van der Waals surface area contributed by atoms with Gasteiger partial charge in [-0.3, -0.25) is 0 Å². The Morgan fingerprint density at radius 3 is 2.59 bits per heavy atom. The Morgan fingerprint density at radius 1 is 1.04 bits per heavy atom. The topological polar surface area (TPSA) is 66.8 Å². The number of alkyl halides is 3. The van der Waals surface area contributed by atoms with Gasteiger partial charge in [-0.25, -0.2) is 19.9 Å². The highest BCUT2D eigenvalue weighted by atomic mass is 19.4. The molecule has 6 nitrogen and oxygen atoms in total. The minimum atomic E-state index is -4.46. The van der Waals surface area contributed by atoms with Crippen molar-refractivity contribution < 1.29 is 13.2 Å². The predicted molar refractivity (Wildman–Crippen MR) is 94.6 cm³/mol. The van der Waals surface area contributed by atoms with Gasteiger partial charge in [-0.1, -0.05) is 0 Å². The van der Waals surface area contributed by atoms with Crippen LogP contribution in [0.4, 0.5) is 24.9 Å². The number of hydrogen-bond acceptors (Lipinski definition) is 6. The average Bonchev–Trinajstić information content (AvgIpc) is 2.68. The van der Waals surface area contributed by atoms with Crippen molar-refractivity contribution in [3.05, 3.63) is 35.5 Å². The second kappa shape index (κ2) is 7.28. The predicted octanol–water partition coefficient (Wildman–Crippen LogP) is 3.25. The van der Waals surface area contributed by atoms with E-state index in [1.807, 2.05) is 0 Å². The Bertz CT molecular complexity index is 802. The first kappa shape index (κ1) is 17.9. The van der Waals surface area contributed by atoms with Crippen molar-refractivity contribution in [2.45, 2.75) is 50.7 Å². The molecule has 0 aromatic carbocycles. The van der Waals surface area contributed by atoms with Crippen LogP contribution in [0.5, 0.6) is 0 Å². The largest absolute Gasteiger partial charge is 0.433 e.